The van der Waals surface area contributed by atoms with Gasteiger partial charge in [-0.3, -0.25) is 0 Å². The molecule has 0 unspecified atom stereocenters. The number of methoxy groups -OCH3 is 1. The molecule has 1 saturated heterocycles. The third kappa shape index (κ3) is 4.67. The monoisotopic (exact) mass is 368 g/mol. The Balaban J connectivity index is 1.66. The summed E-state index contributed by atoms with van der Waals surface area (Å²) in [4.78, 5) is 24.0. The minimum Gasteiger partial charge on any atom is -0.497 e. The van der Waals surface area contributed by atoms with Gasteiger partial charge in [-0.1, -0.05) is 24.3 Å². The van der Waals surface area contributed by atoms with Crippen molar-refractivity contribution in [1.82, 2.24) is 0 Å². The fraction of sp³-hybridized carbons (Fsp3) is 0.238. The summed E-state index contributed by atoms with van der Waals surface area (Å²) in [6.45, 7) is 3.41. The summed E-state index contributed by atoms with van der Waals surface area (Å²) in [5.74, 6) is -1.21. The van der Waals surface area contributed by atoms with Crippen LogP contribution in [-0.2, 0) is 25.7 Å². The number of cyclic esters (lactones) is 2. The highest BCUT2D eigenvalue weighted by Gasteiger charge is 2.38. The summed E-state index contributed by atoms with van der Waals surface area (Å²) in [6.07, 6.45) is 1.44. The van der Waals surface area contributed by atoms with E-state index in [1.807, 2.05) is 24.3 Å². The fourth-order valence-corrected chi connectivity index (χ4v) is 2.53. The van der Waals surface area contributed by atoms with E-state index in [0.717, 1.165) is 11.3 Å². The molecule has 1 aliphatic rings. The molecule has 1 fully saturated rings. The molecule has 0 amide bonds. The van der Waals surface area contributed by atoms with Crippen LogP contribution in [0.2, 0.25) is 0 Å². The summed E-state index contributed by atoms with van der Waals surface area (Å²) >= 11 is 0. The molecule has 0 N–H and O–H groups in total. The first kappa shape index (κ1) is 18.5. The van der Waals surface area contributed by atoms with Crippen molar-refractivity contribution in [3.8, 4) is 11.5 Å². The number of ether oxygens (including phenoxy) is 4. The zero-order valence-electron chi connectivity index (χ0n) is 15.4. The summed E-state index contributed by atoms with van der Waals surface area (Å²) in [5.41, 5.74) is 1.50. The SMILES string of the molecule is COc1cccc(COc2ccc(C=C3C(=O)OC(C)(C)OC3=O)cc2)c1. The van der Waals surface area contributed by atoms with Crippen LogP contribution in [0.15, 0.2) is 54.1 Å². The third-order valence-electron chi connectivity index (χ3n) is 3.85. The first-order valence-electron chi connectivity index (χ1n) is 8.40. The van der Waals surface area contributed by atoms with Crippen molar-refractivity contribution < 1.29 is 28.5 Å². The zero-order valence-corrected chi connectivity index (χ0v) is 15.4. The van der Waals surface area contributed by atoms with E-state index in [4.69, 9.17) is 18.9 Å². The van der Waals surface area contributed by atoms with E-state index in [2.05, 4.69) is 0 Å². The van der Waals surface area contributed by atoms with Gasteiger partial charge in [0.1, 0.15) is 23.7 Å². The number of rotatable bonds is 5. The Morgan fingerprint density at radius 1 is 0.963 bits per heavy atom. The van der Waals surface area contributed by atoms with Gasteiger partial charge in [0.15, 0.2) is 0 Å². The maximum Gasteiger partial charge on any atom is 0.348 e. The Labute approximate surface area is 157 Å². The molecule has 1 aliphatic heterocycles. The van der Waals surface area contributed by atoms with Gasteiger partial charge in [-0.15, -0.1) is 0 Å². The third-order valence-corrected chi connectivity index (χ3v) is 3.85. The van der Waals surface area contributed by atoms with Gasteiger partial charge in [-0.2, -0.15) is 0 Å². The van der Waals surface area contributed by atoms with Crippen molar-refractivity contribution in [3.05, 3.63) is 65.2 Å². The lowest BCUT2D eigenvalue weighted by atomic mass is 10.1. The van der Waals surface area contributed by atoms with E-state index in [-0.39, 0.29) is 5.57 Å². The Kier molecular flexibility index (Phi) is 5.16. The predicted molar refractivity (Wildman–Crippen MR) is 98.0 cm³/mol. The second-order valence-corrected chi connectivity index (χ2v) is 6.45. The standard InChI is InChI=1S/C21H20O6/c1-21(2)26-19(22)18(20(23)27-21)12-14-7-9-16(10-8-14)25-13-15-5-4-6-17(11-15)24-3/h4-12H,13H2,1-3H3. The van der Waals surface area contributed by atoms with Gasteiger partial charge in [-0.25, -0.2) is 9.59 Å². The van der Waals surface area contributed by atoms with Gasteiger partial charge >= 0.3 is 11.9 Å². The average molecular weight is 368 g/mol. The minimum atomic E-state index is -1.25. The van der Waals surface area contributed by atoms with Crippen LogP contribution < -0.4 is 9.47 Å². The van der Waals surface area contributed by atoms with E-state index in [1.54, 1.807) is 31.4 Å². The van der Waals surface area contributed by atoms with Crippen molar-refractivity contribution in [2.45, 2.75) is 26.2 Å². The van der Waals surface area contributed by atoms with Crippen molar-refractivity contribution in [3.63, 3.8) is 0 Å². The quantitative estimate of drug-likeness (QED) is 0.457. The van der Waals surface area contributed by atoms with Gasteiger partial charge in [-0.05, 0) is 41.5 Å². The molecular weight excluding hydrogens is 348 g/mol. The number of hydrogen-bond acceptors (Lipinski definition) is 6. The van der Waals surface area contributed by atoms with E-state index >= 15 is 0 Å². The van der Waals surface area contributed by atoms with Crippen LogP contribution in [0.3, 0.4) is 0 Å². The molecule has 2 aromatic rings. The summed E-state index contributed by atoms with van der Waals surface area (Å²) < 4.78 is 21.1. The van der Waals surface area contributed by atoms with Crippen LogP contribution in [0.5, 0.6) is 11.5 Å². The number of hydrogen-bond donors (Lipinski definition) is 0. The molecule has 0 aromatic heterocycles. The van der Waals surface area contributed by atoms with E-state index in [1.165, 1.54) is 19.9 Å². The van der Waals surface area contributed by atoms with E-state index in [0.29, 0.717) is 17.9 Å². The predicted octanol–water partition coefficient (Wildman–Crippen LogP) is 3.49. The zero-order chi connectivity index (χ0) is 19.4. The summed E-state index contributed by atoms with van der Waals surface area (Å²) in [5, 5.41) is 0. The van der Waals surface area contributed by atoms with Crippen LogP contribution in [-0.4, -0.2) is 24.8 Å². The molecule has 140 valence electrons. The lowest BCUT2D eigenvalue weighted by Crippen LogP contribution is -2.41. The molecule has 3 rings (SSSR count). The first-order valence-corrected chi connectivity index (χ1v) is 8.40. The first-order chi connectivity index (χ1) is 12.9. The minimum absolute atomic E-state index is 0.139. The largest absolute Gasteiger partial charge is 0.497 e. The van der Waals surface area contributed by atoms with Crippen molar-refractivity contribution in [1.29, 1.82) is 0 Å². The number of esters is 2. The molecular formula is C21H20O6. The van der Waals surface area contributed by atoms with E-state index < -0.39 is 17.7 Å². The molecule has 2 aromatic carbocycles. The van der Waals surface area contributed by atoms with Crippen LogP contribution in [0.4, 0.5) is 0 Å². The Morgan fingerprint density at radius 3 is 2.26 bits per heavy atom. The smallest absolute Gasteiger partial charge is 0.348 e. The normalized spacial score (nSPS) is 15.6. The Morgan fingerprint density at radius 2 is 1.63 bits per heavy atom. The molecule has 6 nitrogen and oxygen atoms in total. The highest BCUT2D eigenvalue weighted by molar-refractivity contribution is 6.18. The molecule has 0 aliphatic carbocycles. The Bertz CT molecular complexity index is 858. The topological polar surface area (TPSA) is 71.1 Å². The van der Waals surface area contributed by atoms with Gasteiger partial charge in [0.25, 0.3) is 5.79 Å². The lowest BCUT2D eigenvalue weighted by molar-refractivity contribution is -0.222. The van der Waals surface area contributed by atoms with E-state index in [9.17, 15) is 9.59 Å². The van der Waals surface area contributed by atoms with Crippen molar-refractivity contribution >= 4 is 18.0 Å². The van der Waals surface area contributed by atoms with Gasteiger partial charge in [0, 0.05) is 13.8 Å². The van der Waals surface area contributed by atoms with Gasteiger partial charge < -0.3 is 18.9 Å². The van der Waals surface area contributed by atoms with Gasteiger partial charge in [0.2, 0.25) is 0 Å². The van der Waals surface area contributed by atoms with Crippen LogP contribution >= 0.6 is 0 Å². The van der Waals surface area contributed by atoms with Crippen LogP contribution in [0, 0.1) is 0 Å². The van der Waals surface area contributed by atoms with Crippen LogP contribution in [0.1, 0.15) is 25.0 Å². The highest BCUT2D eigenvalue weighted by atomic mass is 16.7. The van der Waals surface area contributed by atoms with Crippen LogP contribution in [0.25, 0.3) is 6.08 Å². The molecule has 0 radical (unpaired) electrons. The lowest BCUT2D eigenvalue weighted by Gasteiger charge is -2.29. The summed E-state index contributed by atoms with van der Waals surface area (Å²) in [7, 11) is 1.62. The van der Waals surface area contributed by atoms with Crippen molar-refractivity contribution in [2.75, 3.05) is 7.11 Å². The average Bonchev–Trinajstić information content (AvgIpc) is 2.63. The molecule has 27 heavy (non-hydrogen) atoms. The fourth-order valence-electron chi connectivity index (χ4n) is 2.53. The molecule has 0 bridgehead atoms. The summed E-state index contributed by atoms with van der Waals surface area (Å²) in [6, 6.07) is 14.6. The molecule has 0 atom stereocenters. The molecule has 6 heteroatoms. The maximum absolute atomic E-state index is 12.0. The molecule has 0 saturated carbocycles. The maximum atomic E-state index is 12.0. The second-order valence-electron chi connectivity index (χ2n) is 6.45. The number of benzene rings is 2. The number of carbonyl (C=O) groups is 2. The Hall–Kier alpha value is -3.28. The molecule has 1 heterocycles. The van der Waals surface area contributed by atoms with Crippen molar-refractivity contribution in [2.24, 2.45) is 0 Å². The highest BCUT2D eigenvalue weighted by Crippen LogP contribution is 2.25. The molecule has 0 spiro atoms. The van der Waals surface area contributed by atoms with Gasteiger partial charge in [0.05, 0.1) is 7.11 Å². The second kappa shape index (κ2) is 7.53. The number of carbonyl (C=O) groups excluding carboxylic acids is 2.